The van der Waals surface area contributed by atoms with Gasteiger partial charge in [0.25, 0.3) is 12.3 Å². The Labute approximate surface area is 209 Å². The molecule has 5 rings (SSSR count). The Morgan fingerprint density at radius 3 is 2.62 bits per heavy atom. The van der Waals surface area contributed by atoms with Crippen molar-refractivity contribution < 1.29 is 13.6 Å². The predicted molar refractivity (Wildman–Crippen MR) is 135 cm³/mol. The second-order valence-corrected chi connectivity index (χ2v) is 8.25. The number of aromatic amines is 1. The van der Waals surface area contributed by atoms with Gasteiger partial charge in [0.2, 0.25) is 0 Å². The average Bonchev–Trinajstić information content (AvgIpc) is 3.37. The fraction of sp³-hybridized carbons (Fsp3) is 0.120. The molecular weight excluding hydrogens is 480 g/mol. The van der Waals surface area contributed by atoms with Gasteiger partial charge in [0.05, 0.1) is 28.7 Å². The van der Waals surface area contributed by atoms with Crippen LogP contribution in [0, 0.1) is 6.92 Å². The van der Waals surface area contributed by atoms with Crippen molar-refractivity contribution in [1.82, 2.24) is 30.1 Å². The van der Waals surface area contributed by atoms with E-state index < -0.39 is 18.4 Å². The SMILES string of the molecule is Cc1ccc2[nH]ncc2c1-c1nc(-c2cccnc2N[C@@H](c2cccnc2)C(F)F)nc(C(N)=O)c1N. The number of amides is 1. The van der Waals surface area contributed by atoms with Gasteiger partial charge >= 0.3 is 0 Å². The first kappa shape index (κ1) is 23.7. The van der Waals surface area contributed by atoms with Gasteiger partial charge in [0, 0.05) is 29.5 Å². The fourth-order valence-corrected chi connectivity index (χ4v) is 4.11. The highest BCUT2D eigenvalue weighted by atomic mass is 19.3. The van der Waals surface area contributed by atoms with Crippen molar-refractivity contribution in [2.75, 3.05) is 11.1 Å². The molecule has 10 nitrogen and oxygen atoms in total. The summed E-state index contributed by atoms with van der Waals surface area (Å²) in [5.74, 6) is -0.743. The van der Waals surface area contributed by atoms with E-state index in [-0.39, 0.29) is 39.8 Å². The number of carbonyl (C=O) groups excluding carboxylic acids is 1. The number of fused-ring (bicyclic) bond motifs is 1. The van der Waals surface area contributed by atoms with E-state index in [9.17, 15) is 13.6 Å². The maximum absolute atomic E-state index is 14.0. The van der Waals surface area contributed by atoms with Crippen LogP contribution in [0.1, 0.15) is 27.7 Å². The number of aryl methyl sites for hydroxylation is 1. The van der Waals surface area contributed by atoms with E-state index in [0.717, 1.165) is 16.5 Å². The summed E-state index contributed by atoms with van der Waals surface area (Å²) in [6.07, 6.45) is 3.14. The number of nitrogens with two attached hydrogens (primary N) is 2. The van der Waals surface area contributed by atoms with Crippen LogP contribution in [-0.4, -0.2) is 42.5 Å². The molecule has 4 heterocycles. The largest absolute Gasteiger partial charge is 0.395 e. The van der Waals surface area contributed by atoms with Crippen LogP contribution in [0.5, 0.6) is 0 Å². The van der Waals surface area contributed by atoms with Gasteiger partial charge in [0.1, 0.15) is 11.9 Å². The number of H-pyrrole nitrogens is 1. The number of nitrogen functional groups attached to an aromatic ring is 1. The Hall–Kier alpha value is -5.00. The summed E-state index contributed by atoms with van der Waals surface area (Å²) in [5, 5.41) is 10.5. The zero-order valence-electron chi connectivity index (χ0n) is 19.5. The lowest BCUT2D eigenvalue weighted by atomic mass is 9.99. The molecule has 37 heavy (non-hydrogen) atoms. The number of pyridine rings is 2. The lowest BCUT2D eigenvalue weighted by Gasteiger charge is -2.20. The molecule has 1 aromatic carbocycles. The van der Waals surface area contributed by atoms with Crippen molar-refractivity contribution in [2.45, 2.75) is 19.4 Å². The molecule has 0 aliphatic carbocycles. The molecule has 1 amide bonds. The highest BCUT2D eigenvalue weighted by Crippen LogP contribution is 2.37. The van der Waals surface area contributed by atoms with Gasteiger partial charge in [-0.3, -0.25) is 14.9 Å². The van der Waals surface area contributed by atoms with E-state index in [0.29, 0.717) is 5.56 Å². The van der Waals surface area contributed by atoms with Crippen LogP contribution in [0.25, 0.3) is 33.5 Å². The zero-order valence-corrected chi connectivity index (χ0v) is 19.5. The number of primary amides is 1. The van der Waals surface area contributed by atoms with Crippen LogP contribution in [0.3, 0.4) is 0 Å². The van der Waals surface area contributed by atoms with Gasteiger partial charge in [0.15, 0.2) is 11.5 Å². The molecule has 0 fully saturated rings. The Kier molecular flexibility index (Phi) is 6.14. The number of hydrogen-bond acceptors (Lipinski definition) is 8. The van der Waals surface area contributed by atoms with E-state index in [1.165, 1.54) is 24.7 Å². The lowest BCUT2D eigenvalue weighted by molar-refractivity contribution is 0.0996. The topological polar surface area (TPSA) is 161 Å². The molecule has 5 aromatic rings. The number of benzene rings is 1. The molecule has 186 valence electrons. The number of halogens is 2. The van der Waals surface area contributed by atoms with Gasteiger partial charge < -0.3 is 16.8 Å². The highest BCUT2D eigenvalue weighted by Gasteiger charge is 2.26. The molecule has 0 aliphatic heterocycles. The number of nitrogens with one attached hydrogen (secondary N) is 2. The summed E-state index contributed by atoms with van der Waals surface area (Å²) in [5.41, 5.74) is 14.7. The third-order valence-electron chi connectivity index (χ3n) is 5.88. The first-order chi connectivity index (χ1) is 17.8. The number of nitrogens with zero attached hydrogens (tertiary/aromatic N) is 5. The fourth-order valence-electron chi connectivity index (χ4n) is 4.11. The molecule has 0 saturated heterocycles. The molecule has 1 atom stereocenters. The quantitative estimate of drug-likeness (QED) is 0.261. The van der Waals surface area contributed by atoms with Gasteiger partial charge in [-0.15, -0.1) is 0 Å². The second kappa shape index (κ2) is 9.57. The summed E-state index contributed by atoms with van der Waals surface area (Å²) in [6.45, 7) is 1.87. The van der Waals surface area contributed by atoms with Crippen molar-refractivity contribution in [2.24, 2.45) is 5.73 Å². The third-order valence-corrected chi connectivity index (χ3v) is 5.88. The van der Waals surface area contributed by atoms with E-state index in [4.69, 9.17) is 11.5 Å². The number of alkyl halides is 2. The molecular formula is C25H21F2N9O. The summed E-state index contributed by atoms with van der Waals surface area (Å²) in [7, 11) is 0. The van der Waals surface area contributed by atoms with Gasteiger partial charge in [-0.1, -0.05) is 12.1 Å². The number of aromatic nitrogens is 6. The zero-order chi connectivity index (χ0) is 26.1. The molecule has 0 spiro atoms. The minimum Gasteiger partial charge on any atom is -0.395 e. The van der Waals surface area contributed by atoms with Crippen molar-refractivity contribution in [3.8, 4) is 22.6 Å². The maximum Gasteiger partial charge on any atom is 0.269 e. The summed E-state index contributed by atoms with van der Waals surface area (Å²) >= 11 is 0. The number of hydrogen-bond donors (Lipinski definition) is 4. The molecule has 0 aliphatic rings. The molecule has 0 unspecified atom stereocenters. The molecule has 12 heteroatoms. The van der Waals surface area contributed by atoms with Crippen molar-refractivity contribution in [3.63, 3.8) is 0 Å². The van der Waals surface area contributed by atoms with E-state index in [2.05, 4.69) is 35.5 Å². The van der Waals surface area contributed by atoms with Crippen LogP contribution < -0.4 is 16.8 Å². The van der Waals surface area contributed by atoms with Crippen molar-refractivity contribution in [1.29, 1.82) is 0 Å². The first-order valence-corrected chi connectivity index (χ1v) is 11.2. The van der Waals surface area contributed by atoms with E-state index in [1.54, 1.807) is 24.4 Å². The summed E-state index contributed by atoms with van der Waals surface area (Å²) in [4.78, 5) is 29.5. The second-order valence-electron chi connectivity index (χ2n) is 8.25. The minimum absolute atomic E-state index is 0.00716. The molecule has 0 saturated carbocycles. The molecule has 4 aromatic heterocycles. The highest BCUT2D eigenvalue weighted by molar-refractivity contribution is 6.04. The Balaban J connectivity index is 1.69. The molecule has 0 bridgehead atoms. The monoisotopic (exact) mass is 501 g/mol. The molecule has 0 radical (unpaired) electrons. The number of anilines is 2. The van der Waals surface area contributed by atoms with Crippen LogP contribution in [-0.2, 0) is 0 Å². The van der Waals surface area contributed by atoms with Crippen LogP contribution >= 0.6 is 0 Å². The lowest BCUT2D eigenvalue weighted by Crippen LogP contribution is -2.21. The van der Waals surface area contributed by atoms with Crippen molar-refractivity contribution in [3.05, 3.63) is 78.0 Å². The van der Waals surface area contributed by atoms with Crippen LogP contribution in [0.15, 0.2) is 61.2 Å². The van der Waals surface area contributed by atoms with Crippen LogP contribution in [0.4, 0.5) is 20.3 Å². The summed E-state index contributed by atoms with van der Waals surface area (Å²) < 4.78 is 28.1. The van der Waals surface area contributed by atoms with Gasteiger partial charge in [-0.25, -0.2) is 23.7 Å². The summed E-state index contributed by atoms with van der Waals surface area (Å²) in [6, 6.07) is 8.63. The maximum atomic E-state index is 14.0. The number of rotatable bonds is 7. The van der Waals surface area contributed by atoms with E-state index in [1.807, 2.05) is 19.1 Å². The third kappa shape index (κ3) is 4.40. The average molecular weight is 502 g/mol. The Morgan fingerprint density at radius 2 is 1.89 bits per heavy atom. The van der Waals surface area contributed by atoms with Gasteiger partial charge in [-0.2, -0.15) is 5.10 Å². The first-order valence-electron chi connectivity index (χ1n) is 11.2. The predicted octanol–water partition coefficient (Wildman–Crippen LogP) is 3.88. The number of carbonyl (C=O) groups is 1. The van der Waals surface area contributed by atoms with Crippen molar-refractivity contribution >= 4 is 28.3 Å². The minimum atomic E-state index is -2.77. The standard InChI is InChI=1S/C25H21F2N9O/c1-12-6-7-16-15(11-32-36-16)17(12)20-18(28)21(23(29)37)35-25(34-20)14-5-3-9-31-24(14)33-19(22(26)27)13-4-2-8-30-10-13/h2-11,19,22H,28H2,1H3,(H2,29,37)(H,31,33)(H,32,36)/t19-/m0/s1. The van der Waals surface area contributed by atoms with Gasteiger partial charge in [-0.05, 0) is 42.3 Å². The van der Waals surface area contributed by atoms with E-state index >= 15 is 0 Å². The van der Waals surface area contributed by atoms with Crippen LogP contribution in [0.2, 0.25) is 0 Å². The smallest absolute Gasteiger partial charge is 0.269 e. The Bertz CT molecular complexity index is 1610. The molecule has 6 N–H and O–H groups in total. The normalized spacial score (nSPS) is 12.1. The Morgan fingerprint density at radius 1 is 1.08 bits per heavy atom.